The second kappa shape index (κ2) is 6.53. The SMILES string of the molecule is CCCC[C@@H]1C[C@H]2C[C@H](COC(C)=O)CCN2O1. The van der Waals surface area contributed by atoms with Gasteiger partial charge in [-0.2, -0.15) is 5.06 Å². The van der Waals surface area contributed by atoms with E-state index in [9.17, 15) is 4.79 Å². The van der Waals surface area contributed by atoms with E-state index in [0.717, 1.165) is 25.8 Å². The smallest absolute Gasteiger partial charge is 0.302 e. The highest BCUT2D eigenvalue weighted by atomic mass is 16.7. The lowest BCUT2D eigenvalue weighted by Gasteiger charge is -2.32. The first-order chi connectivity index (χ1) is 8.69. The molecule has 104 valence electrons. The molecule has 4 heteroatoms. The Balaban J connectivity index is 1.74. The fraction of sp³-hybridized carbons (Fsp3) is 0.929. The minimum atomic E-state index is -0.166. The Kier molecular flexibility index (Phi) is 5.01. The van der Waals surface area contributed by atoms with Gasteiger partial charge in [0.25, 0.3) is 0 Å². The number of rotatable bonds is 5. The van der Waals surface area contributed by atoms with Gasteiger partial charge >= 0.3 is 5.97 Å². The van der Waals surface area contributed by atoms with E-state index < -0.39 is 0 Å². The minimum absolute atomic E-state index is 0.166. The standard InChI is InChI=1S/C14H25NO3/c1-3-4-5-14-9-13-8-12(10-17-11(2)16)6-7-15(13)18-14/h12-14H,3-10H2,1-2H3/t12-,13-,14-/m1/s1. The molecule has 2 fully saturated rings. The third kappa shape index (κ3) is 3.69. The van der Waals surface area contributed by atoms with Crippen molar-refractivity contribution in [2.24, 2.45) is 5.92 Å². The van der Waals surface area contributed by atoms with Crippen LogP contribution in [0.5, 0.6) is 0 Å². The van der Waals surface area contributed by atoms with Gasteiger partial charge in [0, 0.05) is 19.5 Å². The molecule has 2 rings (SSSR count). The molecule has 0 amide bonds. The number of carbonyl (C=O) groups excluding carboxylic acids is 1. The molecule has 0 aromatic heterocycles. The number of nitrogens with zero attached hydrogens (tertiary/aromatic N) is 1. The lowest BCUT2D eigenvalue weighted by Crippen LogP contribution is -2.38. The summed E-state index contributed by atoms with van der Waals surface area (Å²) in [7, 11) is 0. The predicted octanol–water partition coefficient (Wildman–Crippen LogP) is 2.52. The second-order valence-electron chi connectivity index (χ2n) is 5.59. The number of hydroxylamine groups is 2. The third-order valence-electron chi connectivity index (χ3n) is 3.99. The van der Waals surface area contributed by atoms with Crippen LogP contribution in [0.25, 0.3) is 0 Å². The summed E-state index contributed by atoms with van der Waals surface area (Å²) in [5, 5.41) is 2.17. The summed E-state index contributed by atoms with van der Waals surface area (Å²) in [6.45, 7) is 5.27. The molecular formula is C14H25NO3. The van der Waals surface area contributed by atoms with Gasteiger partial charge in [0.05, 0.1) is 12.7 Å². The molecule has 3 atom stereocenters. The Morgan fingerprint density at radius 3 is 3.00 bits per heavy atom. The largest absolute Gasteiger partial charge is 0.466 e. The zero-order valence-corrected chi connectivity index (χ0v) is 11.6. The molecule has 18 heavy (non-hydrogen) atoms. The van der Waals surface area contributed by atoms with Crippen molar-refractivity contribution in [2.75, 3.05) is 13.2 Å². The van der Waals surface area contributed by atoms with Gasteiger partial charge in [-0.3, -0.25) is 9.63 Å². The molecule has 0 N–H and O–H groups in total. The van der Waals surface area contributed by atoms with Crippen LogP contribution < -0.4 is 0 Å². The van der Waals surface area contributed by atoms with Gasteiger partial charge < -0.3 is 4.74 Å². The van der Waals surface area contributed by atoms with Gasteiger partial charge in [-0.25, -0.2) is 0 Å². The number of hydrogen-bond acceptors (Lipinski definition) is 4. The zero-order chi connectivity index (χ0) is 13.0. The van der Waals surface area contributed by atoms with Crippen LogP contribution in [-0.2, 0) is 14.4 Å². The molecule has 4 nitrogen and oxygen atoms in total. The predicted molar refractivity (Wildman–Crippen MR) is 68.9 cm³/mol. The van der Waals surface area contributed by atoms with Crippen LogP contribution in [-0.4, -0.2) is 36.3 Å². The maximum absolute atomic E-state index is 10.8. The first kappa shape index (κ1) is 13.8. The Bertz CT molecular complexity index is 282. The summed E-state index contributed by atoms with van der Waals surface area (Å²) in [4.78, 5) is 16.8. The fourth-order valence-electron chi connectivity index (χ4n) is 2.99. The maximum atomic E-state index is 10.8. The molecule has 0 unspecified atom stereocenters. The molecular weight excluding hydrogens is 230 g/mol. The lowest BCUT2D eigenvalue weighted by molar-refractivity contribution is -0.180. The highest BCUT2D eigenvalue weighted by Crippen LogP contribution is 2.33. The van der Waals surface area contributed by atoms with Crippen LogP contribution in [0.4, 0.5) is 0 Å². The number of ether oxygens (including phenoxy) is 1. The van der Waals surface area contributed by atoms with Gasteiger partial charge in [0.2, 0.25) is 0 Å². The van der Waals surface area contributed by atoms with Crippen molar-refractivity contribution in [1.29, 1.82) is 0 Å². The van der Waals surface area contributed by atoms with Crippen LogP contribution in [0.1, 0.15) is 52.4 Å². The summed E-state index contributed by atoms with van der Waals surface area (Å²) < 4.78 is 5.12. The van der Waals surface area contributed by atoms with Crippen molar-refractivity contribution in [3.63, 3.8) is 0 Å². The average molecular weight is 255 g/mol. The fourth-order valence-corrected chi connectivity index (χ4v) is 2.99. The van der Waals surface area contributed by atoms with E-state index in [1.54, 1.807) is 0 Å². The van der Waals surface area contributed by atoms with Crippen molar-refractivity contribution < 1.29 is 14.4 Å². The number of esters is 1. The van der Waals surface area contributed by atoms with E-state index in [4.69, 9.17) is 9.57 Å². The van der Waals surface area contributed by atoms with Crippen molar-refractivity contribution >= 4 is 5.97 Å². The average Bonchev–Trinajstić information content (AvgIpc) is 2.75. The van der Waals surface area contributed by atoms with Crippen molar-refractivity contribution in [2.45, 2.75) is 64.5 Å². The molecule has 2 aliphatic rings. The van der Waals surface area contributed by atoms with Crippen molar-refractivity contribution in [1.82, 2.24) is 5.06 Å². The third-order valence-corrected chi connectivity index (χ3v) is 3.99. The summed E-state index contributed by atoms with van der Waals surface area (Å²) in [6.07, 6.45) is 7.42. The normalized spacial score (nSPS) is 32.2. The van der Waals surface area contributed by atoms with Crippen molar-refractivity contribution in [3.8, 4) is 0 Å². The molecule has 0 aromatic carbocycles. The van der Waals surface area contributed by atoms with Crippen LogP contribution >= 0.6 is 0 Å². The van der Waals surface area contributed by atoms with Crippen molar-refractivity contribution in [3.05, 3.63) is 0 Å². The molecule has 2 heterocycles. The highest BCUT2D eigenvalue weighted by molar-refractivity contribution is 5.65. The number of fused-ring (bicyclic) bond motifs is 1. The first-order valence-electron chi connectivity index (χ1n) is 7.25. The summed E-state index contributed by atoms with van der Waals surface area (Å²) in [6, 6.07) is 0.543. The number of piperidine rings is 1. The topological polar surface area (TPSA) is 38.8 Å². The maximum Gasteiger partial charge on any atom is 0.302 e. The van der Waals surface area contributed by atoms with Gasteiger partial charge in [-0.15, -0.1) is 0 Å². The molecule has 0 radical (unpaired) electrons. The van der Waals surface area contributed by atoms with E-state index in [-0.39, 0.29) is 5.97 Å². The van der Waals surface area contributed by atoms with E-state index in [1.807, 2.05) is 0 Å². The lowest BCUT2D eigenvalue weighted by atomic mass is 9.90. The Labute approximate surface area is 110 Å². The molecule has 0 aliphatic carbocycles. The Morgan fingerprint density at radius 2 is 2.28 bits per heavy atom. The molecule has 2 saturated heterocycles. The van der Waals surface area contributed by atoms with E-state index in [2.05, 4.69) is 12.0 Å². The quantitative estimate of drug-likeness (QED) is 0.708. The Morgan fingerprint density at radius 1 is 1.44 bits per heavy atom. The number of hydrogen-bond donors (Lipinski definition) is 0. The van der Waals surface area contributed by atoms with Gasteiger partial charge in [-0.05, 0) is 31.6 Å². The van der Waals surface area contributed by atoms with Crippen LogP contribution in [0.2, 0.25) is 0 Å². The molecule has 2 aliphatic heterocycles. The van der Waals surface area contributed by atoms with E-state index >= 15 is 0 Å². The molecule has 0 saturated carbocycles. The minimum Gasteiger partial charge on any atom is -0.466 e. The first-order valence-corrected chi connectivity index (χ1v) is 7.25. The summed E-state index contributed by atoms with van der Waals surface area (Å²) in [5.41, 5.74) is 0. The van der Waals surface area contributed by atoms with E-state index in [0.29, 0.717) is 24.7 Å². The van der Waals surface area contributed by atoms with Crippen LogP contribution in [0, 0.1) is 5.92 Å². The van der Waals surface area contributed by atoms with Gasteiger partial charge in [0.15, 0.2) is 0 Å². The summed E-state index contributed by atoms with van der Waals surface area (Å²) >= 11 is 0. The summed E-state index contributed by atoms with van der Waals surface area (Å²) in [5.74, 6) is 0.351. The Hall–Kier alpha value is -0.610. The molecule has 0 spiro atoms. The molecule has 0 bridgehead atoms. The van der Waals surface area contributed by atoms with Crippen LogP contribution in [0.15, 0.2) is 0 Å². The monoisotopic (exact) mass is 255 g/mol. The zero-order valence-electron chi connectivity index (χ0n) is 11.6. The number of unbranched alkanes of at least 4 members (excludes halogenated alkanes) is 1. The van der Waals surface area contributed by atoms with Gasteiger partial charge in [0.1, 0.15) is 0 Å². The van der Waals surface area contributed by atoms with E-state index in [1.165, 1.54) is 26.2 Å². The van der Waals surface area contributed by atoms with Gasteiger partial charge in [-0.1, -0.05) is 19.8 Å². The van der Waals surface area contributed by atoms with Crippen LogP contribution in [0.3, 0.4) is 0 Å². The second-order valence-corrected chi connectivity index (χ2v) is 5.59. The number of carbonyl (C=O) groups is 1. The highest BCUT2D eigenvalue weighted by Gasteiger charge is 2.37. The molecule has 0 aromatic rings.